The minimum Gasteiger partial charge on any atom is -0.497 e. The molecular weight excluding hydrogens is 214 g/mol. The first-order valence-corrected chi connectivity index (χ1v) is 5.73. The molecule has 0 amide bonds. The summed E-state index contributed by atoms with van der Waals surface area (Å²) in [5.74, 6) is 0.955. The molecule has 0 spiro atoms. The van der Waals surface area contributed by atoms with E-state index in [1.54, 1.807) is 14.0 Å². The summed E-state index contributed by atoms with van der Waals surface area (Å²) < 4.78 is 5.21. The van der Waals surface area contributed by atoms with E-state index in [4.69, 9.17) is 4.74 Å². The molecule has 1 aromatic carbocycles. The van der Waals surface area contributed by atoms with Crippen LogP contribution in [0.5, 0.6) is 5.75 Å². The number of ether oxygens (including phenoxy) is 1. The van der Waals surface area contributed by atoms with Crippen LogP contribution in [0.4, 0.5) is 0 Å². The van der Waals surface area contributed by atoms with Crippen LogP contribution < -0.4 is 10.1 Å². The molecule has 1 aromatic rings. The van der Waals surface area contributed by atoms with Gasteiger partial charge in [-0.15, -0.1) is 0 Å². The molecule has 0 aromatic heterocycles. The third-order valence-electron chi connectivity index (χ3n) is 3.16. The van der Waals surface area contributed by atoms with Gasteiger partial charge in [-0.05, 0) is 42.2 Å². The van der Waals surface area contributed by atoms with Gasteiger partial charge in [-0.25, -0.2) is 0 Å². The molecule has 0 saturated heterocycles. The summed E-state index contributed by atoms with van der Waals surface area (Å²) in [6, 6.07) is 5.65. The molecule has 1 atom stereocenters. The standard InChI is InChI=1S/C14H17NO2/c1-9-13-5-4-12(17-3)8-11(13)6-7-15-14(9)10(2)16/h4-5,8,14-15H,1,6-7H2,2-3H3. The van der Waals surface area contributed by atoms with Crippen molar-refractivity contribution in [3.05, 3.63) is 35.9 Å². The van der Waals surface area contributed by atoms with Gasteiger partial charge >= 0.3 is 0 Å². The Labute approximate surface area is 101 Å². The van der Waals surface area contributed by atoms with Crippen molar-refractivity contribution in [2.45, 2.75) is 19.4 Å². The summed E-state index contributed by atoms with van der Waals surface area (Å²) in [7, 11) is 1.66. The first-order chi connectivity index (χ1) is 8.13. The predicted molar refractivity (Wildman–Crippen MR) is 68.2 cm³/mol. The van der Waals surface area contributed by atoms with E-state index >= 15 is 0 Å². The maximum absolute atomic E-state index is 11.5. The number of ketones is 1. The Morgan fingerprint density at radius 2 is 2.29 bits per heavy atom. The highest BCUT2D eigenvalue weighted by molar-refractivity contribution is 5.95. The average Bonchev–Trinajstić information content (AvgIpc) is 2.48. The lowest BCUT2D eigenvalue weighted by atomic mass is 9.94. The molecule has 0 saturated carbocycles. The third kappa shape index (κ3) is 2.24. The Morgan fingerprint density at radius 1 is 1.53 bits per heavy atom. The second-order valence-corrected chi connectivity index (χ2v) is 4.30. The summed E-state index contributed by atoms with van der Waals surface area (Å²) in [5, 5.41) is 3.23. The lowest BCUT2D eigenvalue weighted by Crippen LogP contribution is -2.35. The van der Waals surface area contributed by atoms with Crippen LogP contribution in [-0.4, -0.2) is 25.5 Å². The average molecular weight is 231 g/mol. The van der Waals surface area contributed by atoms with E-state index in [1.165, 1.54) is 5.56 Å². The van der Waals surface area contributed by atoms with E-state index in [2.05, 4.69) is 11.9 Å². The van der Waals surface area contributed by atoms with Gasteiger partial charge in [0.05, 0.1) is 13.2 Å². The fourth-order valence-electron chi connectivity index (χ4n) is 2.24. The van der Waals surface area contributed by atoms with E-state index in [0.29, 0.717) is 0 Å². The number of methoxy groups -OCH3 is 1. The molecule has 17 heavy (non-hydrogen) atoms. The number of Topliss-reactive ketones (excluding diaryl/α,β-unsaturated/α-hetero) is 1. The van der Waals surface area contributed by atoms with Gasteiger partial charge in [0.2, 0.25) is 0 Å². The lowest BCUT2D eigenvalue weighted by Gasteiger charge is -2.16. The molecule has 0 radical (unpaired) electrons. The number of benzene rings is 1. The first-order valence-electron chi connectivity index (χ1n) is 5.73. The minimum absolute atomic E-state index is 0.110. The van der Waals surface area contributed by atoms with Crippen LogP contribution in [0.15, 0.2) is 24.8 Å². The van der Waals surface area contributed by atoms with E-state index in [9.17, 15) is 4.79 Å². The van der Waals surface area contributed by atoms with Crippen molar-refractivity contribution in [3.63, 3.8) is 0 Å². The number of hydrogen-bond donors (Lipinski definition) is 1. The van der Waals surface area contributed by atoms with Gasteiger partial charge in [0.25, 0.3) is 0 Å². The van der Waals surface area contributed by atoms with Crippen molar-refractivity contribution < 1.29 is 9.53 Å². The Balaban J connectivity index is 2.42. The van der Waals surface area contributed by atoms with Crippen LogP contribution in [-0.2, 0) is 11.2 Å². The fourth-order valence-corrected chi connectivity index (χ4v) is 2.24. The van der Waals surface area contributed by atoms with Gasteiger partial charge in [0.15, 0.2) is 5.78 Å². The molecule has 1 heterocycles. The molecule has 3 nitrogen and oxygen atoms in total. The van der Waals surface area contributed by atoms with Gasteiger partial charge in [-0.3, -0.25) is 4.79 Å². The number of nitrogens with one attached hydrogen (secondary N) is 1. The fraction of sp³-hybridized carbons (Fsp3) is 0.357. The highest BCUT2D eigenvalue weighted by Crippen LogP contribution is 2.27. The molecule has 0 bridgehead atoms. The SMILES string of the molecule is C=C1c2ccc(OC)cc2CCNC1C(C)=O. The van der Waals surface area contributed by atoms with Gasteiger partial charge < -0.3 is 10.1 Å². The first kappa shape index (κ1) is 11.9. The summed E-state index contributed by atoms with van der Waals surface area (Å²) >= 11 is 0. The van der Waals surface area contributed by atoms with Crippen LogP contribution in [0, 0.1) is 0 Å². The topological polar surface area (TPSA) is 38.3 Å². The molecule has 1 unspecified atom stereocenters. The number of carbonyl (C=O) groups is 1. The number of rotatable bonds is 2. The quantitative estimate of drug-likeness (QED) is 0.843. The monoisotopic (exact) mass is 231 g/mol. The smallest absolute Gasteiger partial charge is 0.151 e. The van der Waals surface area contributed by atoms with Crippen molar-refractivity contribution >= 4 is 11.4 Å². The summed E-state index contributed by atoms with van der Waals surface area (Å²) in [5.41, 5.74) is 3.11. The Hall–Kier alpha value is -1.61. The van der Waals surface area contributed by atoms with E-state index in [1.807, 2.05) is 18.2 Å². The molecule has 2 rings (SSSR count). The molecule has 0 aliphatic carbocycles. The normalized spacial score (nSPS) is 19.4. The second kappa shape index (κ2) is 4.72. The van der Waals surface area contributed by atoms with Gasteiger partial charge in [-0.2, -0.15) is 0 Å². The maximum Gasteiger partial charge on any atom is 0.151 e. The number of fused-ring (bicyclic) bond motifs is 1. The van der Waals surface area contributed by atoms with Crippen LogP contribution in [0.2, 0.25) is 0 Å². The summed E-state index contributed by atoms with van der Waals surface area (Å²) in [6.45, 7) is 6.43. The zero-order valence-corrected chi connectivity index (χ0v) is 10.2. The highest BCUT2D eigenvalue weighted by atomic mass is 16.5. The van der Waals surface area contributed by atoms with E-state index < -0.39 is 0 Å². The predicted octanol–water partition coefficient (Wildman–Crippen LogP) is 1.81. The van der Waals surface area contributed by atoms with Crippen molar-refractivity contribution in [2.24, 2.45) is 0 Å². The Morgan fingerprint density at radius 3 is 2.94 bits per heavy atom. The second-order valence-electron chi connectivity index (χ2n) is 4.30. The van der Waals surface area contributed by atoms with Gasteiger partial charge in [-0.1, -0.05) is 12.6 Å². The van der Waals surface area contributed by atoms with Crippen LogP contribution in [0.3, 0.4) is 0 Å². The van der Waals surface area contributed by atoms with Gasteiger partial charge in [0.1, 0.15) is 5.75 Å². The summed E-state index contributed by atoms with van der Waals surface area (Å²) in [4.78, 5) is 11.5. The molecular formula is C14H17NO2. The zero-order chi connectivity index (χ0) is 12.4. The number of carbonyl (C=O) groups excluding carboxylic acids is 1. The van der Waals surface area contributed by atoms with Crippen LogP contribution in [0.25, 0.3) is 5.57 Å². The minimum atomic E-state index is -0.260. The molecule has 1 aliphatic heterocycles. The zero-order valence-electron chi connectivity index (χ0n) is 10.2. The van der Waals surface area contributed by atoms with E-state index in [-0.39, 0.29) is 11.8 Å². The van der Waals surface area contributed by atoms with Crippen molar-refractivity contribution in [2.75, 3.05) is 13.7 Å². The molecule has 0 fully saturated rings. The van der Waals surface area contributed by atoms with Crippen molar-refractivity contribution in [1.82, 2.24) is 5.32 Å². The Kier molecular flexibility index (Phi) is 3.29. The summed E-state index contributed by atoms with van der Waals surface area (Å²) in [6.07, 6.45) is 0.884. The van der Waals surface area contributed by atoms with Crippen LogP contribution >= 0.6 is 0 Å². The maximum atomic E-state index is 11.5. The third-order valence-corrected chi connectivity index (χ3v) is 3.16. The molecule has 1 aliphatic rings. The number of hydrogen-bond acceptors (Lipinski definition) is 3. The van der Waals surface area contributed by atoms with Gasteiger partial charge in [0, 0.05) is 6.54 Å². The largest absolute Gasteiger partial charge is 0.497 e. The lowest BCUT2D eigenvalue weighted by molar-refractivity contribution is -0.117. The van der Waals surface area contributed by atoms with Crippen molar-refractivity contribution in [1.29, 1.82) is 0 Å². The van der Waals surface area contributed by atoms with Crippen LogP contribution in [0.1, 0.15) is 18.1 Å². The molecule has 1 N–H and O–H groups in total. The highest BCUT2D eigenvalue weighted by Gasteiger charge is 2.23. The van der Waals surface area contributed by atoms with E-state index in [0.717, 1.165) is 29.9 Å². The van der Waals surface area contributed by atoms with Crippen molar-refractivity contribution in [3.8, 4) is 5.75 Å². The Bertz CT molecular complexity index is 465. The molecule has 90 valence electrons. The molecule has 3 heteroatoms.